The summed E-state index contributed by atoms with van der Waals surface area (Å²) in [5.74, 6) is 0.409. The van der Waals surface area contributed by atoms with Gasteiger partial charge in [0.1, 0.15) is 10.7 Å². The molecular formula is C18H23N3OS. The van der Waals surface area contributed by atoms with Crippen LogP contribution in [0.5, 0.6) is 0 Å². The molecule has 1 aromatic carbocycles. The topological polar surface area (TPSA) is 68.0 Å². The lowest BCUT2D eigenvalue weighted by molar-refractivity contribution is 0.0932. The minimum Gasteiger partial charge on any atom is -0.344 e. The van der Waals surface area contributed by atoms with Gasteiger partial charge in [-0.15, -0.1) is 11.3 Å². The van der Waals surface area contributed by atoms with E-state index in [1.54, 1.807) is 0 Å². The number of rotatable bonds is 5. The van der Waals surface area contributed by atoms with Gasteiger partial charge in [-0.25, -0.2) is 4.98 Å². The van der Waals surface area contributed by atoms with Gasteiger partial charge in [0.05, 0.1) is 12.1 Å². The van der Waals surface area contributed by atoms with Crippen LogP contribution in [0.25, 0.3) is 0 Å². The number of thiazole rings is 1. The van der Waals surface area contributed by atoms with Crippen molar-refractivity contribution in [1.29, 1.82) is 0 Å². The molecule has 122 valence electrons. The number of carbonyl (C=O) groups is 1. The van der Waals surface area contributed by atoms with Crippen molar-refractivity contribution < 1.29 is 4.79 Å². The van der Waals surface area contributed by atoms with Gasteiger partial charge in [-0.05, 0) is 36.3 Å². The van der Waals surface area contributed by atoms with Gasteiger partial charge in [-0.3, -0.25) is 4.79 Å². The highest BCUT2D eigenvalue weighted by Crippen LogP contribution is 2.31. The molecule has 1 aromatic heterocycles. The first kappa shape index (κ1) is 16.1. The Morgan fingerprint density at radius 3 is 3.00 bits per heavy atom. The summed E-state index contributed by atoms with van der Waals surface area (Å²) in [6.45, 7) is 4.28. The van der Waals surface area contributed by atoms with Crippen LogP contribution in [-0.4, -0.2) is 10.9 Å². The van der Waals surface area contributed by atoms with Crippen LogP contribution in [0.1, 0.15) is 65.4 Å². The summed E-state index contributed by atoms with van der Waals surface area (Å²) in [4.78, 5) is 16.9. The summed E-state index contributed by atoms with van der Waals surface area (Å²) in [5, 5.41) is 5.76. The van der Waals surface area contributed by atoms with Crippen LogP contribution in [0.2, 0.25) is 0 Å². The lowest BCUT2D eigenvalue weighted by Gasteiger charge is -2.13. The molecule has 2 aromatic rings. The highest BCUT2D eigenvalue weighted by Gasteiger charge is 2.25. The van der Waals surface area contributed by atoms with Gasteiger partial charge in [-0.2, -0.15) is 0 Å². The van der Waals surface area contributed by atoms with E-state index in [2.05, 4.69) is 36.3 Å². The second kappa shape index (κ2) is 6.81. The lowest BCUT2D eigenvalue weighted by atomic mass is 10.1. The van der Waals surface area contributed by atoms with Crippen LogP contribution >= 0.6 is 11.3 Å². The van der Waals surface area contributed by atoms with E-state index < -0.39 is 0 Å². The van der Waals surface area contributed by atoms with Crippen molar-refractivity contribution in [2.75, 3.05) is 0 Å². The number of hydrogen-bond acceptors (Lipinski definition) is 4. The van der Waals surface area contributed by atoms with Crippen LogP contribution in [0.4, 0.5) is 0 Å². The van der Waals surface area contributed by atoms with E-state index in [0.29, 0.717) is 11.6 Å². The molecule has 2 unspecified atom stereocenters. The molecule has 0 fully saturated rings. The van der Waals surface area contributed by atoms with Crippen LogP contribution in [0, 0.1) is 5.92 Å². The number of aryl methyl sites for hydroxylation is 1. The van der Waals surface area contributed by atoms with E-state index in [1.807, 2.05) is 17.5 Å². The molecule has 0 aliphatic heterocycles. The minimum absolute atomic E-state index is 0.0891. The zero-order valence-electron chi connectivity index (χ0n) is 13.6. The summed E-state index contributed by atoms with van der Waals surface area (Å²) >= 11 is 1.47. The normalized spacial score (nSPS) is 18.0. The van der Waals surface area contributed by atoms with Crippen LogP contribution in [0.3, 0.4) is 0 Å². The average molecular weight is 329 g/mol. The summed E-state index contributed by atoms with van der Waals surface area (Å²) in [7, 11) is 0. The van der Waals surface area contributed by atoms with Crippen LogP contribution in [-0.2, 0) is 6.42 Å². The molecule has 4 nitrogen and oxygen atoms in total. The molecule has 0 spiro atoms. The first-order valence-corrected chi connectivity index (χ1v) is 9.02. The third kappa shape index (κ3) is 3.62. The fourth-order valence-electron chi connectivity index (χ4n) is 3.11. The first-order valence-electron chi connectivity index (χ1n) is 8.14. The zero-order chi connectivity index (χ0) is 16.4. The predicted octanol–water partition coefficient (Wildman–Crippen LogP) is 3.61. The number of nitrogens with one attached hydrogen (secondary N) is 1. The van der Waals surface area contributed by atoms with Crippen LogP contribution < -0.4 is 11.1 Å². The number of nitrogens with two attached hydrogens (primary N) is 1. The molecule has 3 N–H and O–H groups in total. The third-order valence-electron chi connectivity index (χ3n) is 4.24. The van der Waals surface area contributed by atoms with Gasteiger partial charge in [0.15, 0.2) is 0 Å². The standard InChI is InChI=1S/C18H23N3OS/c1-11(2)9-14(19)18-21-16(10-23-18)17(22)20-15-8-7-12-5-3-4-6-13(12)15/h3-6,10-11,14-15H,7-9,19H2,1-2H3,(H,20,22). The summed E-state index contributed by atoms with van der Waals surface area (Å²) in [6.07, 6.45) is 2.85. The van der Waals surface area contributed by atoms with E-state index in [4.69, 9.17) is 5.73 Å². The second-order valence-corrected chi connectivity index (χ2v) is 7.46. The van der Waals surface area contributed by atoms with E-state index >= 15 is 0 Å². The highest BCUT2D eigenvalue weighted by molar-refractivity contribution is 7.09. The Kier molecular flexibility index (Phi) is 4.78. The smallest absolute Gasteiger partial charge is 0.271 e. The van der Waals surface area contributed by atoms with Gasteiger partial charge in [0.2, 0.25) is 0 Å². The molecule has 2 atom stereocenters. The number of carbonyl (C=O) groups excluding carboxylic acids is 1. The van der Waals surface area contributed by atoms with Gasteiger partial charge in [-0.1, -0.05) is 38.1 Å². The molecular weight excluding hydrogens is 306 g/mol. The lowest BCUT2D eigenvalue weighted by Crippen LogP contribution is -2.27. The second-order valence-electron chi connectivity index (χ2n) is 6.57. The van der Waals surface area contributed by atoms with E-state index in [1.165, 1.54) is 22.5 Å². The van der Waals surface area contributed by atoms with Gasteiger partial charge >= 0.3 is 0 Å². The summed E-state index contributed by atoms with van der Waals surface area (Å²) < 4.78 is 0. The molecule has 0 radical (unpaired) electrons. The number of hydrogen-bond donors (Lipinski definition) is 2. The van der Waals surface area contributed by atoms with Crippen molar-refractivity contribution in [3.63, 3.8) is 0 Å². The maximum atomic E-state index is 12.5. The molecule has 0 saturated heterocycles. The predicted molar refractivity (Wildman–Crippen MR) is 93.5 cm³/mol. The Morgan fingerprint density at radius 2 is 2.22 bits per heavy atom. The van der Waals surface area contributed by atoms with E-state index in [0.717, 1.165) is 24.3 Å². The van der Waals surface area contributed by atoms with Gasteiger partial charge in [0, 0.05) is 5.38 Å². The van der Waals surface area contributed by atoms with Crippen LogP contribution in [0.15, 0.2) is 29.6 Å². The number of amides is 1. The largest absolute Gasteiger partial charge is 0.344 e. The van der Waals surface area contributed by atoms with Crippen molar-refractivity contribution in [3.8, 4) is 0 Å². The van der Waals surface area contributed by atoms with E-state index in [-0.39, 0.29) is 18.0 Å². The third-order valence-corrected chi connectivity index (χ3v) is 5.21. The molecule has 1 heterocycles. The Balaban J connectivity index is 1.67. The zero-order valence-corrected chi connectivity index (χ0v) is 14.4. The van der Waals surface area contributed by atoms with Crippen molar-refractivity contribution in [1.82, 2.24) is 10.3 Å². The van der Waals surface area contributed by atoms with Crippen molar-refractivity contribution >= 4 is 17.2 Å². The Hall–Kier alpha value is -1.72. The molecule has 1 aliphatic rings. The Bertz CT molecular complexity index is 695. The fraction of sp³-hybridized carbons (Fsp3) is 0.444. The molecule has 1 aliphatic carbocycles. The SMILES string of the molecule is CC(C)CC(N)c1nc(C(=O)NC2CCc3ccccc32)cs1. The average Bonchev–Trinajstić information content (AvgIpc) is 3.14. The summed E-state index contributed by atoms with van der Waals surface area (Å²) in [6, 6.07) is 8.30. The first-order chi connectivity index (χ1) is 11.0. The number of aromatic nitrogens is 1. The monoisotopic (exact) mass is 329 g/mol. The molecule has 3 rings (SSSR count). The maximum Gasteiger partial charge on any atom is 0.271 e. The van der Waals surface area contributed by atoms with E-state index in [9.17, 15) is 4.79 Å². The maximum absolute atomic E-state index is 12.5. The van der Waals surface area contributed by atoms with Gasteiger partial charge < -0.3 is 11.1 Å². The molecule has 0 bridgehead atoms. The molecule has 23 heavy (non-hydrogen) atoms. The fourth-order valence-corrected chi connectivity index (χ4v) is 3.92. The highest BCUT2D eigenvalue weighted by atomic mass is 32.1. The molecule has 0 saturated carbocycles. The Morgan fingerprint density at radius 1 is 1.43 bits per heavy atom. The minimum atomic E-state index is -0.106. The van der Waals surface area contributed by atoms with Crippen molar-refractivity contribution in [2.45, 2.75) is 45.2 Å². The summed E-state index contributed by atoms with van der Waals surface area (Å²) in [5.41, 5.74) is 9.19. The number of benzene rings is 1. The Labute approximate surface area is 141 Å². The number of fused-ring (bicyclic) bond motifs is 1. The van der Waals surface area contributed by atoms with Gasteiger partial charge in [0.25, 0.3) is 5.91 Å². The van der Waals surface area contributed by atoms with Crippen molar-refractivity contribution in [3.05, 3.63) is 51.5 Å². The molecule has 1 amide bonds. The van der Waals surface area contributed by atoms with Crippen molar-refractivity contribution in [2.24, 2.45) is 11.7 Å². The number of nitrogens with zero attached hydrogens (tertiary/aromatic N) is 1. The molecule has 5 heteroatoms. The quantitative estimate of drug-likeness (QED) is 0.880.